The molecule has 0 amide bonds. The van der Waals surface area contributed by atoms with Crippen LogP contribution in [0.4, 0.5) is 5.69 Å². The molecular weight excluding hydrogens is 302 g/mol. The highest BCUT2D eigenvalue weighted by Crippen LogP contribution is 2.30. The van der Waals surface area contributed by atoms with E-state index < -0.39 is 10.0 Å². The average molecular weight is 314 g/mol. The van der Waals surface area contributed by atoms with Crippen LogP contribution in [0.3, 0.4) is 0 Å². The summed E-state index contributed by atoms with van der Waals surface area (Å²) in [5.41, 5.74) is 0.268. The smallest absolute Gasteiger partial charge is 0.262 e. The highest BCUT2D eigenvalue weighted by molar-refractivity contribution is 7.92. The molecule has 0 aliphatic carbocycles. The van der Waals surface area contributed by atoms with Crippen molar-refractivity contribution in [2.75, 3.05) is 11.8 Å². The van der Waals surface area contributed by atoms with E-state index in [2.05, 4.69) is 4.72 Å². The van der Waals surface area contributed by atoms with Crippen molar-refractivity contribution >= 4 is 27.3 Å². The predicted octanol–water partition coefficient (Wildman–Crippen LogP) is 2.86. The molecule has 2 aromatic rings. The minimum absolute atomic E-state index is 0.0873. The van der Waals surface area contributed by atoms with Crippen LogP contribution in [0.5, 0.6) is 11.5 Å². The number of hydrogen-bond donors (Lipinski definition) is 2. The van der Waals surface area contributed by atoms with Crippen LogP contribution in [0.15, 0.2) is 47.4 Å². The Morgan fingerprint density at radius 3 is 2.50 bits per heavy atom. The maximum absolute atomic E-state index is 12.2. The van der Waals surface area contributed by atoms with Crippen LogP contribution in [0.1, 0.15) is 0 Å². The van der Waals surface area contributed by atoms with Crippen molar-refractivity contribution < 1.29 is 18.3 Å². The molecule has 2 rings (SSSR count). The zero-order chi connectivity index (χ0) is 14.8. The van der Waals surface area contributed by atoms with Gasteiger partial charge in [0.2, 0.25) is 0 Å². The van der Waals surface area contributed by atoms with Crippen molar-refractivity contribution in [2.45, 2.75) is 4.90 Å². The summed E-state index contributed by atoms with van der Waals surface area (Å²) >= 11 is 5.90. The van der Waals surface area contributed by atoms with Crippen LogP contribution >= 0.6 is 11.6 Å². The zero-order valence-corrected chi connectivity index (χ0v) is 12.1. The Balaban J connectivity index is 2.36. The predicted molar refractivity (Wildman–Crippen MR) is 76.9 cm³/mol. The van der Waals surface area contributed by atoms with Crippen LogP contribution in [0, 0.1) is 0 Å². The number of nitrogens with one attached hydrogen (secondary N) is 1. The summed E-state index contributed by atoms with van der Waals surface area (Å²) in [6.07, 6.45) is 0. The number of anilines is 1. The number of ether oxygens (including phenoxy) is 1. The number of methoxy groups -OCH3 is 1. The maximum atomic E-state index is 12.2. The van der Waals surface area contributed by atoms with Gasteiger partial charge < -0.3 is 9.84 Å². The molecule has 0 spiro atoms. The lowest BCUT2D eigenvalue weighted by atomic mass is 10.3. The van der Waals surface area contributed by atoms with E-state index in [0.29, 0.717) is 0 Å². The Labute approximate surface area is 121 Å². The second kappa shape index (κ2) is 5.60. The van der Waals surface area contributed by atoms with Gasteiger partial charge in [0.25, 0.3) is 10.0 Å². The number of rotatable bonds is 4. The van der Waals surface area contributed by atoms with Gasteiger partial charge in [-0.15, -0.1) is 0 Å². The highest BCUT2D eigenvalue weighted by atomic mass is 35.5. The first-order valence-corrected chi connectivity index (χ1v) is 7.44. The molecule has 0 atom stereocenters. The largest absolute Gasteiger partial charge is 0.504 e. The number of aromatic hydroxyl groups is 1. The number of hydrogen-bond acceptors (Lipinski definition) is 4. The Kier molecular flexibility index (Phi) is 4.06. The zero-order valence-electron chi connectivity index (χ0n) is 10.5. The van der Waals surface area contributed by atoms with Crippen LogP contribution in [-0.2, 0) is 10.0 Å². The van der Waals surface area contributed by atoms with Gasteiger partial charge in [0.05, 0.1) is 22.7 Å². The molecule has 0 bridgehead atoms. The first-order chi connectivity index (χ1) is 9.44. The van der Waals surface area contributed by atoms with Crippen molar-refractivity contribution in [3.63, 3.8) is 0 Å². The third-order valence-electron chi connectivity index (χ3n) is 2.58. The minimum Gasteiger partial charge on any atom is -0.504 e. The van der Waals surface area contributed by atoms with Gasteiger partial charge >= 0.3 is 0 Å². The maximum Gasteiger partial charge on any atom is 0.262 e. The summed E-state index contributed by atoms with van der Waals surface area (Å²) in [5.74, 6) is -0.0590. The molecule has 0 saturated heterocycles. The summed E-state index contributed by atoms with van der Waals surface area (Å²) in [6, 6.07) is 10.3. The molecule has 2 N–H and O–H groups in total. The Morgan fingerprint density at radius 2 is 1.90 bits per heavy atom. The quantitative estimate of drug-likeness (QED) is 0.910. The fourth-order valence-corrected chi connectivity index (χ4v) is 2.92. The third-order valence-corrected chi connectivity index (χ3v) is 4.27. The standard InChI is InChI=1S/C13H12ClNO4S/c1-19-13-7-6-9(8-12(13)16)20(17,18)15-11-5-3-2-4-10(11)14/h2-8,15-16H,1H3. The van der Waals surface area contributed by atoms with Gasteiger partial charge in [0.1, 0.15) is 0 Å². The molecule has 2 aromatic carbocycles. The van der Waals surface area contributed by atoms with Gasteiger partial charge in [-0.2, -0.15) is 0 Å². The lowest BCUT2D eigenvalue weighted by molar-refractivity contribution is 0.372. The van der Waals surface area contributed by atoms with Gasteiger partial charge in [-0.3, -0.25) is 4.72 Å². The molecule has 20 heavy (non-hydrogen) atoms. The van der Waals surface area contributed by atoms with E-state index in [1.165, 1.54) is 19.2 Å². The molecule has 0 fully saturated rings. The molecule has 106 valence electrons. The van der Waals surface area contributed by atoms with E-state index in [-0.39, 0.29) is 27.1 Å². The van der Waals surface area contributed by atoms with Crippen molar-refractivity contribution in [2.24, 2.45) is 0 Å². The van der Waals surface area contributed by atoms with E-state index in [1.54, 1.807) is 24.3 Å². The van der Waals surface area contributed by atoms with Crippen molar-refractivity contribution in [3.8, 4) is 11.5 Å². The van der Waals surface area contributed by atoms with Crippen molar-refractivity contribution in [3.05, 3.63) is 47.5 Å². The number of sulfonamides is 1. The average Bonchev–Trinajstić information content (AvgIpc) is 2.41. The van der Waals surface area contributed by atoms with Gasteiger partial charge in [0, 0.05) is 6.07 Å². The van der Waals surface area contributed by atoms with Gasteiger partial charge in [0.15, 0.2) is 11.5 Å². The van der Waals surface area contributed by atoms with Crippen molar-refractivity contribution in [1.82, 2.24) is 0 Å². The Morgan fingerprint density at radius 1 is 1.20 bits per heavy atom. The molecule has 0 radical (unpaired) electrons. The first kappa shape index (κ1) is 14.5. The number of benzene rings is 2. The second-order valence-corrected chi connectivity index (χ2v) is 6.01. The van der Waals surface area contributed by atoms with Gasteiger partial charge in [-0.1, -0.05) is 23.7 Å². The fraction of sp³-hybridized carbons (Fsp3) is 0.0769. The number of para-hydroxylation sites is 1. The van der Waals surface area contributed by atoms with Gasteiger partial charge in [-0.05, 0) is 24.3 Å². The van der Waals surface area contributed by atoms with Crippen LogP contribution in [0.25, 0.3) is 0 Å². The molecule has 7 heteroatoms. The fourth-order valence-electron chi connectivity index (χ4n) is 1.58. The number of phenols is 1. The highest BCUT2D eigenvalue weighted by Gasteiger charge is 2.17. The molecule has 0 unspecified atom stereocenters. The summed E-state index contributed by atoms with van der Waals surface area (Å²) in [7, 11) is -2.45. The molecule has 5 nitrogen and oxygen atoms in total. The van der Waals surface area contributed by atoms with E-state index in [0.717, 1.165) is 6.07 Å². The van der Waals surface area contributed by atoms with E-state index in [9.17, 15) is 13.5 Å². The molecule has 0 heterocycles. The molecule has 0 aromatic heterocycles. The minimum atomic E-state index is -3.83. The van der Waals surface area contributed by atoms with E-state index >= 15 is 0 Å². The number of phenolic OH excluding ortho intramolecular Hbond substituents is 1. The Bertz CT molecular complexity index is 731. The molecule has 0 aliphatic rings. The third kappa shape index (κ3) is 2.97. The first-order valence-electron chi connectivity index (χ1n) is 5.58. The monoisotopic (exact) mass is 313 g/mol. The molecular formula is C13H12ClNO4S. The lowest BCUT2D eigenvalue weighted by Crippen LogP contribution is -2.13. The van der Waals surface area contributed by atoms with Crippen LogP contribution < -0.4 is 9.46 Å². The SMILES string of the molecule is COc1ccc(S(=O)(=O)Nc2ccccc2Cl)cc1O. The second-order valence-electron chi connectivity index (χ2n) is 3.92. The van der Waals surface area contributed by atoms with Crippen LogP contribution in [0.2, 0.25) is 5.02 Å². The summed E-state index contributed by atoms with van der Waals surface area (Å²) in [4.78, 5) is -0.0873. The summed E-state index contributed by atoms with van der Waals surface area (Å²) in [6.45, 7) is 0. The number of halogens is 1. The lowest BCUT2D eigenvalue weighted by Gasteiger charge is -2.10. The summed E-state index contributed by atoms with van der Waals surface area (Å²) in [5, 5.41) is 9.92. The summed E-state index contributed by atoms with van der Waals surface area (Å²) < 4.78 is 31.6. The Hall–Kier alpha value is -1.92. The molecule has 0 saturated carbocycles. The van der Waals surface area contributed by atoms with Crippen molar-refractivity contribution in [1.29, 1.82) is 0 Å². The normalized spacial score (nSPS) is 11.1. The van der Waals surface area contributed by atoms with E-state index in [1.807, 2.05) is 0 Å². The van der Waals surface area contributed by atoms with E-state index in [4.69, 9.17) is 16.3 Å². The topological polar surface area (TPSA) is 75.6 Å². The van der Waals surface area contributed by atoms with Gasteiger partial charge in [-0.25, -0.2) is 8.42 Å². The molecule has 0 aliphatic heterocycles. The van der Waals surface area contributed by atoms with Crippen LogP contribution in [-0.4, -0.2) is 20.6 Å².